The average Bonchev–Trinajstić information content (AvgIpc) is 3.16. The monoisotopic (exact) mass is 409 g/mol. The molecule has 0 spiro atoms. The van der Waals surface area contributed by atoms with Crippen molar-refractivity contribution in [2.24, 2.45) is 0 Å². The second kappa shape index (κ2) is 10.8. The molecule has 0 aliphatic heterocycles. The molecule has 0 radical (unpaired) electrons. The Hall–Kier alpha value is -2.64. The van der Waals surface area contributed by atoms with Gasteiger partial charge < -0.3 is 10.2 Å². The molecule has 152 valence electrons. The van der Waals surface area contributed by atoms with Gasteiger partial charge in [-0.15, -0.1) is 10.2 Å². The van der Waals surface area contributed by atoms with Crippen LogP contribution in [0.15, 0.2) is 65.8 Å². The Morgan fingerprint density at radius 3 is 2.41 bits per heavy atom. The van der Waals surface area contributed by atoms with Gasteiger partial charge in [0, 0.05) is 36.5 Å². The Morgan fingerprint density at radius 1 is 1.03 bits per heavy atom. The third-order valence-electron chi connectivity index (χ3n) is 4.34. The van der Waals surface area contributed by atoms with Crippen LogP contribution in [0.3, 0.4) is 0 Å². The van der Waals surface area contributed by atoms with Crippen LogP contribution in [0.4, 0.5) is 0 Å². The number of carbonyl (C=O) groups is 1. The molecule has 0 bridgehead atoms. The Morgan fingerprint density at radius 2 is 1.72 bits per heavy atom. The molecule has 1 N–H and O–H groups in total. The van der Waals surface area contributed by atoms with Crippen LogP contribution < -0.4 is 5.32 Å². The number of para-hydroxylation sites is 1. The first kappa shape index (κ1) is 21.1. The zero-order valence-corrected chi connectivity index (χ0v) is 17.7. The van der Waals surface area contributed by atoms with Gasteiger partial charge in [0.15, 0.2) is 11.0 Å². The van der Waals surface area contributed by atoms with E-state index in [0.717, 1.165) is 41.0 Å². The van der Waals surface area contributed by atoms with Crippen molar-refractivity contribution in [3.8, 4) is 17.1 Å². The summed E-state index contributed by atoms with van der Waals surface area (Å²) < 4.78 is 2.08. The fourth-order valence-corrected chi connectivity index (χ4v) is 3.74. The molecule has 0 saturated carbocycles. The third kappa shape index (κ3) is 6.17. The molecule has 29 heavy (non-hydrogen) atoms. The van der Waals surface area contributed by atoms with Gasteiger partial charge in [0.25, 0.3) is 0 Å². The summed E-state index contributed by atoms with van der Waals surface area (Å²) in [5.41, 5.74) is 2.05. The number of aromatic nitrogens is 3. The van der Waals surface area contributed by atoms with E-state index in [1.807, 2.05) is 62.6 Å². The Labute approximate surface area is 176 Å². The van der Waals surface area contributed by atoms with Crippen molar-refractivity contribution in [3.63, 3.8) is 0 Å². The van der Waals surface area contributed by atoms with Crippen molar-refractivity contribution >= 4 is 17.7 Å². The van der Waals surface area contributed by atoms with E-state index in [9.17, 15) is 4.79 Å². The summed E-state index contributed by atoms with van der Waals surface area (Å²) in [4.78, 5) is 14.0. The fraction of sp³-hybridized carbons (Fsp3) is 0.318. The van der Waals surface area contributed by atoms with Gasteiger partial charge in [-0.1, -0.05) is 60.3 Å². The van der Waals surface area contributed by atoms with Crippen molar-refractivity contribution in [2.75, 3.05) is 32.9 Å². The van der Waals surface area contributed by atoms with Crippen LogP contribution in [0.25, 0.3) is 17.1 Å². The smallest absolute Gasteiger partial charge is 0.220 e. The van der Waals surface area contributed by atoms with Crippen LogP contribution >= 0.6 is 11.8 Å². The Balaban J connectivity index is 1.64. The predicted octanol–water partition coefficient (Wildman–Crippen LogP) is 3.48. The number of nitrogens with zero attached hydrogens (tertiary/aromatic N) is 4. The number of likely N-dealkylation sites (N-methyl/N-ethyl adjacent to an activating group) is 1. The number of carbonyl (C=O) groups excluding carboxylic acids is 1. The Bertz CT molecular complexity index is 896. The van der Waals surface area contributed by atoms with Crippen LogP contribution in [0.2, 0.25) is 0 Å². The topological polar surface area (TPSA) is 63.1 Å². The SMILES string of the molecule is CN(C)CCNC(=O)CCCSc1nnc(-c2ccccc2)n1-c1ccccc1. The summed E-state index contributed by atoms with van der Waals surface area (Å²) in [6, 6.07) is 20.2. The minimum Gasteiger partial charge on any atom is -0.355 e. The lowest BCUT2D eigenvalue weighted by molar-refractivity contribution is -0.121. The highest BCUT2D eigenvalue weighted by Crippen LogP contribution is 2.28. The quantitative estimate of drug-likeness (QED) is 0.410. The lowest BCUT2D eigenvalue weighted by Gasteiger charge is -2.11. The molecule has 0 unspecified atom stereocenters. The number of thioether (sulfide) groups is 1. The lowest BCUT2D eigenvalue weighted by Crippen LogP contribution is -2.31. The summed E-state index contributed by atoms with van der Waals surface area (Å²) in [7, 11) is 3.99. The molecule has 2 aromatic carbocycles. The van der Waals surface area contributed by atoms with E-state index in [0.29, 0.717) is 13.0 Å². The summed E-state index contributed by atoms with van der Waals surface area (Å²) in [5, 5.41) is 12.7. The zero-order chi connectivity index (χ0) is 20.5. The molecule has 0 saturated heterocycles. The number of amides is 1. The average molecular weight is 410 g/mol. The molecule has 0 aliphatic carbocycles. The molecule has 3 rings (SSSR count). The molecule has 7 heteroatoms. The van der Waals surface area contributed by atoms with E-state index in [1.165, 1.54) is 0 Å². The van der Waals surface area contributed by atoms with Crippen LogP contribution in [0, 0.1) is 0 Å². The highest BCUT2D eigenvalue weighted by atomic mass is 32.2. The molecule has 6 nitrogen and oxygen atoms in total. The number of hydrogen-bond donors (Lipinski definition) is 1. The highest BCUT2D eigenvalue weighted by Gasteiger charge is 2.15. The zero-order valence-electron chi connectivity index (χ0n) is 16.9. The normalized spacial score (nSPS) is 11.0. The third-order valence-corrected chi connectivity index (χ3v) is 5.36. The van der Waals surface area contributed by atoms with E-state index >= 15 is 0 Å². The maximum atomic E-state index is 11.9. The minimum atomic E-state index is 0.0990. The van der Waals surface area contributed by atoms with Gasteiger partial charge in [0.2, 0.25) is 5.91 Å². The molecule has 0 fully saturated rings. The maximum absolute atomic E-state index is 11.9. The highest BCUT2D eigenvalue weighted by molar-refractivity contribution is 7.99. The van der Waals surface area contributed by atoms with Crippen molar-refractivity contribution in [1.82, 2.24) is 25.0 Å². The molecule has 1 amide bonds. The van der Waals surface area contributed by atoms with Crippen molar-refractivity contribution < 1.29 is 4.79 Å². The molecule has 0 aliphatic rings. The molecule has 0 atom stereocenters. The van der Waals surface area contributed by atoms with Gasteiger partial charge in [-0.25, -0.2) is 0 Å². The number of hydrogen-bond acceptors (Lipinski definition) is 5. The Kier molecular flexibility index (Phi) is 7.84. The first-order valence-corrected chi connectivity index (χ1v) is 10.7. The second-order valence-corrected chi connectivity index (χ2v) is 8.01. The summed E-state index contributed by atoms with van der Waals surface area (Å²) in [6.07, 6.45) is 1.31. The van der Waals surface area contributed by atoms with Crippen molar-refractivity contribution in [3.05, 3.63) is 60.7 Å². The lowest BCUT2D eigenvalue weighted by atomic mass is 10.2. The van der Waals surface area contributed by atoms with Crippen molar-refractivity contribution in [1.29, 1.82) is 0 Å². The summed E-state index contributed by atoms with van der Waals surface area (Å²) in [6.45, 7) is 1.53. The van der Waals surface area contributed by atoms with Crippen LogP contribution in [-0.2, 0) is 4.79 Å². The van der Waals surface area contributed by atoms with E-state index in [2.05, 4.69) is 37.1 Å². The van der Waals surface area contributed by atoms with Gasteiger partial charge in [-0.05, 0) is 32.6 Å². The van der Waals surface area contributed by atoms with Gasteiger partial charge in [0.05, 0.1) is 0 Å². The van der Waals surface area contributed by atoms with Crippen LogP contribution in [0.1, 0.15) is 12.8 Å². The fourth-order valence-electron chi connectivity index (χ4n) is 2.85. The first-order chi connectivity index (χ1) is 14.1. The maximum Gasteiger partial charge on any atom is 0.220 e. The largest absolute Gasteiger partial charge is 0.355 e. The molecule has 1 heterocycles. The number of benzene rings is 2. The summed E-state index contributed by atoms with van der Waals surface area (Å²) in [5.74, 6) is 1.73. The van der Waals surface area contributed by atoms with Gasteiger partial charge in [0.1, 0.15) is 0 Å². The van der Waals surface area contributed by atoms with E-state index in [1.54, 1.807) is 11.8 Å². The molecule has 1 aromatic heterocycles. The number of rotatable bonds is 10. The molecule has 3 aromatic rings. The van der Waals surface area contributed by atoms with Gasteiger partial charge in [-0.2, -0.15) is 0 Å². The van der Waals surface area contributed by atoms with E-state index < -0.39 is 0 Å². The molecular formula is C22H27N5OS. The van der Waals surface area contributed by atoms with Gasteiger partial charge in [-0.3, -0.25) is 9.36 Å². The van der Waals surface area contributed by atoms with E-state index in [-0.39, 0.29) is 5.91 Å². The number of nitrogens with one attached hydrogen (secondary N) is 1. The second-order valence-electron chi connectivity index (χ2n) is 6.95. The summed E-state index contributed by atoms with van der Waals surface area (Å²) >= 11 is 1.63. The predicted molar refractivity (Wildman–Crippen MR) is 118 cm³/mol. The van der Waals surface area contributed by atoms with E-state index in [4.69, 9.17) is 0 Å². The minimum absolute atomic E-state index is 0.0990. The standard InChI is InChI=1S/C22H27N5OS/c1-26(2)16-15-23-20(28)14-9-17-29-22-25-24-21(18-10-5-3-6-11-18)27(22)19-12-7-4-8-13-19/h3-8,10-13H,9,14-17H2,1-2H3,(H,23,28). The first-order valence-electron chi connectivity index (χ1n) is 9.75. The van der Waals surface area contributed by atoms with Crippen molar-refractivity contribution in [2.45, 2.75) is 18.0 Å². The van der Waals surface area contributed by atoms with Gasteiger partial charge >= 0.3 is 0 Å². The molecular weight excluding hydrogens is 382 g/mol. The van der Waals surface area contributed by atoms with Crippen LogP contribution in [-0.4, -0.2) is 58.5 Å². The van der Waals surface area contributed by atoms with Crippen LogP contribution in [0.5, 0.6) is 0 Å².